The van der Waals surface area contributed by atoms with Gasteiger partial charge < -0.3 is 10.4 Å². The van der Waals surface area contributed by atoms with E-state index in [-0.39, 0.29) is 12.5 Å². The van der Waals surface area contributed by atoms with Crippen LogP contribution in [0.5, 0.6) is 0 Å². The largest absolute Gasteiger partial charge is 0.481 e. The van der Waals surface area contributed by atoms with Crippen LogP contribution in [-0.4, -0.2) is 11.1 Å². The Morgan fingerprint density at radius 1 is 1.11 bits per heavy atom. The highest BCUT2D eigenvalue weighted by Crippen LogP contribution is 2.19. The maximum Gasteiger partial charge on any atom is 0.307 e. The highest BCUT2D eigenvalue weighted by atomic mass is 16.4. The van der Waals surface area contributed by atoms with Gasteiger partial charge in [-0.05, 0) is 30.2 Å². The van der Waals surface area contributed by atoms with Gasteiger partial charge in [-0.1, -0.05) is 42.5 Å². The van der Waals surface area contributed by atoms with Gasteiger partial charge in [-0.25, -0.2) is 0 Å². The number of carboxylic acid groups (broad SMARTS) is 1. The van der Waals surface area contributed by atoms with E-state index in [0.717, 1.165) is 11.3 Å². The molecule has 2 aromatic carbocycles. The standard InChI is InChI=1S/C16H17NO2/c1-12(14-5-3-2-4-6-14)17-15-9-7-13(8-10-15)11-16(18)19/h2-10,12,17H,11H2,1H3,(H,18,19). The highest BCUT2D eigenvalue weighted by Gasteiger charge is 2.05. The average Bonchev–Trinajstić information content (AvgIpc) is 2.41. The molecule has 0 radical (unpaired) electrons. The lowest BCUT2D eigenvalue weighted by Crippen LogP contribution is -2.06. The number of anilines is 1. The molecule has 2 aromatic rings. The fraction of sp³-hybridized carbons (Fsp3) is 0.188. The Labute approximate surface area is 112 Å². The van der Waals surface area contributed by atoms with Crippen LogP contribution in [0.4, 0.5) is 5.69 Å². The second-order valence-corrected chi connectivity index (χ2v) is 4.54. The monoisotopic (exact) mass is 255 g/mol. The minimum atomic E-state index is -0.807. The number of carboxylic acids is 1. The number of benzene rings is 2. The molecule has 0 aliphatic carbocycles. The molecule has 2 rings (SSSR count). The van der Waals surface area contributed by atoms with Crippen molar-refractivity contribution < 1.29 is 9.90 Å². The first-order chi connectivity index (χ1) is 9.15. The molecule has 0 saturated carbocycles. The van der Waals surface area contributed by atoms with Crippen LogP contribution < -0.4 is 5.32 Å². The highest BCUT2D eigenvalue weighted by molar-refractivity contribution is 5.70. The summed E-state index contributed by atoms with van der Waals surface area (Å²) in [5.74, 6) is -0.807. The summed E-state index contributed by atoms with van der Waals surface area (Å²) in [6, 6.07) is 17.9. The number of rotatable bonds is 5. The molecule has 19 heavy (non-hydrogen) atoms. The van der Waals surface area contributed by atoms with Crippen molar-refractivity contribution >= 4 is 11.7 Å². The lowest BCUT2D eigenvalue weighted by atomic mass is 10.1. The van der Waals surface area contributed by atoms with Gasteiger partial charge in [0.1, 0.15) is 0 Å². The first-order valence-electron chi connectivity index (χ1n) is 6.27. The molecular weight excluding hydrogens is 238 g/mol. The Balaban J connectivity index is 2.01. The zero-order chi connectivity index (χ0) is 13.7. The van der Waals surface area contributed by atoms with Crippen molar-refractivity contribution in [2.75, 3.05) is 5.32 Å². The number of nitrogens with one attached hydrogen (secondary N) is 1. The van der Waals surface area contributed by atoms with Gasteiger partial charge in [0.15, 0.2) is 0 Å². The summed E-state index contributed by atoms with van der Waals surface area (Å²) in [4.78, 5) is 10.6. The predicted octanol–water partition coefficient (Wildman–Crippen LogP) is 3.49. The van der Waals surface area contributed by atoms with E-state index in [2.05, 4.69) is 24.4 Å². The van der Waals surface area contributed by atoms with E-state index in [1.807, 2.05) is 42.5 Å². The lowest BCUT2D eigenvalue weighted by Gasteiger charge is -2.15. The van der Waals surface area contributed by atoms with E-state index in [9.17, 15) is 4.79 Å². The summed E-state index contributed by atoms with van der Waals surface area (Å²) in [5, 5.41) is 12.1. The van der Waals surface area contributed by atoms with Gasteiger partial charge in [0.2, 0.25) is 0 Å². The Bertz CT molecular complexity index is 534. The quantitative estimate of drug-likeness (QED) is 0.859. The van der Waals surface area contributed by atoms with Gasteiger partial charge in [0.25, 0.3) is 0 Å². The minimum Gasteiger partial charge on any atom is -0.481 e. The zero-order valence-corrected chi connectivity index (χ0v) is 10.8. The third-order valence-electron chi connectivity index (χ3n) is 2.99. The molecule has 98 valence electrons. The van der Waals surface area contributed by atoms with Crippen LogP contribution in [0.3, 0.4) is 0 Å². The van der Waals surface area contributed by atoms with Crippen molar-refractivity contribution in [3.8, 4) is 0 Å². The van der Waals surface area contributed by atoms with E-state index in [1.165, 1.54) is 5.56 Å². The summed E-state index contributed by atoms with van der Waals surface area (Å²) >= 11 is 0. The summed E-state index contributed by atoms with van der Waals surface area (Å²) in [6.45, 7) is 2.10. The molecule has 0 spiro atoms. The molecule has 1 atom stereocenters. The number of carbonyl (C=O) groups is 1. The molecule has 0 aliphatic rings. The van der Waals surface area contributed by atoms with Crippen LogP contribution in [0.25, 0.3) is 0 Å². The lowest BCUT2D eigenvalue weighted by molar-refractivity contribution is -0.136. The van der Waals surface area contributed by atoms with E-state index in [1.54, 1.807) is 0 Å². The van der Waals surface area contributed by atoms with Crippen molar-refractivity contribution in [2.24, 2.45) is 0 Å². The van der Waals surface area contributed by atoms with Crippen LogP contribution in [0.15, 0.2) is 54.6 Å². The van der Waals surface area contributed by atoms with Gasteiger partial charge in [-0.3, -0.25) is 4.79 Å². The summed E-state index contributed by atoms with van der Waals surface area (Å²) in [7, 11) is 0. The van der Waals surface area contributed by atoms with Crippen molar-refractivity contribution in [3.63, 3.8) is 0 Å². The maximum atomic E-state index is 10.6. The first kappa shape index (κ1) is 13.1. The number of aliphatic carboxylic acids is 1. The Morgan fingerprint density at radius 3 is 2.32 bits per heavy atom. The van der Waals surface area contributed by atoms with Gasteiger partial charge in [-0.2, -0.15) is 0 Å². The van der Waals surface area contributed by atoms with Gasteiger partial charge in [0.05, 0.1) is 6.42 Å². The fourth-order valence-electron chi connectivity index (χ4n) is 1.97. The molecule has 0 amide bonds. The van der Waals surface area contributed by atoms with Crippen molar-refractivity contribution in [1.82, 2.24) is 0 Å². The molecule has 2 N–H and O–H groups in total. The molecule has 0 saturated heterocycles. The molecule has 0 fully saturated rings. The van der Waals surface area contributed by atoms with Gasteiger partial charge in [0, 0.05) is 11.7 Å². The molecule has 0 heterocycles. The van der Waals surface area contributed by atoms with E-state index < -0.39 is 5.97 Å². The normalized spacial score (nSPS) is 11.8. The molecule has 0 aliphatic heterocycles. The summed E-state index contributed by atoms with van der Waals surface area (Å²) in [5.41, 5.74) is 3.02. The molecule has 3 heteroatoms. The van der Waals surface area contributed by atoms with E-state index in [0.29, 0.717) is 0 Å². The molecular formula is C16H17NO2. The fourth-order valence-corrected chi connectivity index (χ4v) is 1.97. The number of hydrogen-bond acceptors (Lipinski definition) is 2. The van der Waals surface area contributed by atoms with Crippen LogP contribution in [0, 0.1) is 0 Å². The number of hydrogen-bond donors (Lipinski definition) is 2. The van der Waals surface area contributed by atoms with Crippen LogP contribution >= 0.6 is 0 Å². The van der Waals surface area contributed by atoms with Crippen molar-refractivity contribution in [1.29, 1.82) is 0 Å². The van der Waals surface area contributed by atoms with Crippen LogP contribution in [-0.2, 0) is 11.2 Å². The second-order valence-electron chi connectivity index (χ2n) is 4.54. The topological polar surface area (TPSA) is 49.3 Å². The molecule has 3 nitrogen and oxygen atoms in total. The van der Waals surface area contributed by atoms with E-state index in [4.69, 9.17) is 5.11 Å². The Kier molecular flexibility index (Phi) is 4.18. The van der Waals surface area contributed by atoms with E-state index >= 15 is 0 Å². The summed E-state index contributed by atoms with van der Waals surface area (Å²) < 4.78 is 0. The molecule has 1 unspecified atom stereocenters. The van der Waals surface area contributed by atoms with Crippen LogP contribution in [0.2, 0.25) is 0 Å². The smallest absolute Gasteiger partial charge is 0.307 e. The third kappa shape index (κ3) is 3.85. The average molecular weight is 255 g/mol. The van der Waals surface area contributed by atoms with Crippen LogP contribution in [0.1, 0.15) is 24.1 Å². The van der Waals surface area contributed by atoms with Crippen molar-refractivity contribution in [3.05, 3.63) is 65.7 Å². The maximum absolute atomic E-state index is 10.6. The van der Waals surface area contributed by atoms with Gasteiger partial charge >= 0.3 is 5.97 Å². The zero-order valence-electron chi connectivity index (χ0n) is 10.8. The third-order valence-corrected chi connectivity index (χ3v) is 2.99. The SMILES string of the molecule is CC(Nc1ccc(CC(=O)O)cc1)c1ccccc1. The Hall–Kier alpha value is -2.29. The first-order valence-corrected chi connectivity index (χ1v) is 6.27. The predicted molar refractivity (Wildman–Crippen MR) is 76.3 cm³/mol. The van der Waals surface area contributed by atoms with Gasteiger partial charge in [-0.15, -0.1) is 0 Å². The second kappa shape index (κ2) is 6.05. The molecule has 0 bridgehead atoms. The Morgan fingerprint density at radius 2 is 1.74 bits per heavy atom. The molecule has 0 aromatic heterocycles. The summed E-state index contributed by atoms with van der Waals surface area (Å²) in [6.07, 6.45) is 0.0640. The minimum absolute atomic E-state index is 0.0640. The van der Waals surface area contributed by atoms with Crippen molar-refractivity contribution in [2.45, 2.75) is 19.4 Å².